The number of benzene rings is 4. The second-order valence-electron chi connectivity index (χ2n) is 11.5. The fraction of sp³-hybridized carbons (Fsp3) is 0. The summed E-state index contributed by atoms with van der Waals surface area (Å²) in [5.41, 5.74) is 2.58. The van der Waals surface area contributed by atoms with Gasteiger partial charge in [-0.15, -0.1) is 0 Å². The monoisotopic (exact) mass is 1320 g/mol. The van der Waals surface area contributed by atoms with Crippen LogP contribution in [0.4, 0.5) is 0 Å². The van der Waals surface area contributed by atoms with Crippen molar-refractivity contribution < 1.29 is 0 Å². The molecule has 4 aromatic carbocycles. The zero-order valence-electron chi connectivity index (χ0n) is 25.6. The summed E-state index contributed by atoms with van der Waals surface area (Å²) >= 11 is 89.5. The summed E-state index contributed by atoms with van der Waals surface area (Å²) in [4.78, 5) is 38.9. The first-order valence-electron chi connectivity index (χ1n) is 14.6. The predicted molar refractivity (Wildman–Crippen MR) is 254 cm³/mol. The SMILES string of the molecule is Clc1c(Cl)c(Br)c2c(c1Cl)C1=NC3=NC(=NC4=NC(=NC5=NC(=NC2=N1)c1c(Br)c(Cl)c(Br)c(Cl)c15)c1c(Cl)c(Br)c(Cl)c(Cl)c14)c1c(Cl)c(Br)c(Cl)c(Br)c13. The number of amidine groups is 8. The fourth-order valence-electron chi connectivity index (χ4n) is 6.10. The molecule has 0 saturated carbocycles. The van der Waals surface area contributed by atoms with Gasteiger partial charge >= 0.3 is 0 Å². The largest absolute Gasteiger partial charge is 0.208 e. The van der Waals surface area contributed by atoms with Crippen molar-refractivity contribution >= 4 is 258 Å². The predicted octanol–water partition coefficient (Wildman–Crippen LogP) is 15.9. The summed E-state index contributed by atoms with van der Waals surface area (Å²) in [7, 11) is 0. The third-order valence-corrected chi connectivity index (χ3v) is 19.4. The first kappa shape index (κ1) is 41.4. The Hall–Kier alpha value is 0.0200. The zero-order chi connectivity index (χ0) is 40.1. The van der Waals surface area contributed by atoms with E-state index in [2.05, 4.69) is 95.6 Å². The van der Waals surface area contributed by atoms with Gasteiger partial charge in [-0.05, 0) is 95.6 Å². The smallest absolute Gasteiger partial charge is 0.166 e. The molecule has 0 spiro atoms. The van der Waals surface area contributed by atoms with Gasteiger partial charge in [-0.25, -0.2) is 39.9 Å². The quantitative estimate of drug-likeness (QED) is 0.124. The molecule has 8 bridgehead atoms. The lowest BCUT2D eigenvalue weighted by Gasteiger charge is -2.13. The molecule has 8 nitrogen and oxygen atoms in total. The molecule has 24 heteroatoms. The highest BCUT2D eigenvalue weighted by atomic mass is 79.9. The fourth-order valence-corrected chi connectivity index (χ4v) is 12.3. The van der Waals surface area contributed by atoms with Crippen LogP contribution < -0.4 is 0 Å². The van der Waals surface area contributed by atoms with Gasteiger partial charge in [0.1, 0.15) is 0 Å². The van der Waals surface area contributed by atoms with Gasteiger partial charge in [-0.3, -0.25) is 0 Å². The van der Waals surface area contributed by atoms with Crippen molar-refractivity contribution in [3.8, 4) is 0 Å². The molecule has 0 amide bonds. The van der Waals surface area contributed by atoms with Crippen LogP contribution in [0.25, 0.3) is 0 Å². The van der Waals surface area contributed by atoms with Gasteiger partial charge in [0.05, 0.1) is 91.5 Å². The number of hydrogen-bond donors (Lipinski definition) is 0. The number of aliphatic imine (C=N–C) groups is 8. The second kappa shape index (κ2) is 14.8. The van der Waals surface area contributed by atoms with Gasteiger partial charge in [0.2, 0.25) is 0 Å². The van der Waals surface area contributed by atoms with Crippen LogP contribution in [0.3, 0.4) is 0 Å². The Labute approximate surface area is 414 Å². The molecule has 4 aromatic rings. The number of rotatable bonds is 0. The highest BCUT2D eigenvalue weighted by Gasteiger charge is 2.40. The van der Waals surface area contributed by atoms with Crippen LogP contribution >= 0.6 is 212 Å². The van der Waals surface area contributed by atoms with Crippen LogP contribution in [-0.4, -0.2) is 46.7 Å². The Balaban J connectivity index is 1.47. The molecular formula is C32Br6Cl10N8. The highest BCUT2D eigenvalue weighted by Crippen LogP contribution is 2.50. The van der Waals surface area contributed by atoms with Crippen molar-refractivity contribution in [1.29, 1.82) is 0 Å². The van der Waals surface area contributed by atoms with E-state index in [0.29, 0.717) is 54.7 Å². The molecule has 5 heterocycles. The lowest BCUT2D eigenvalue weighted by molar-refractivity contribution is 1.48. The van der Waals surface area contributed by atoms with E-state index in [9.17, 15) is 0 Å². The minimum absolute atomic E-state index is 0.0289. The van der Waals surface area contributed by atoms with Crippen molar-refractivity contribution in [1.82, 2.24) is 0 Å². The minimum Gasteiger partial charge on any atom is -0.208 e. The molecule has 0 atom stereocenters. The van der Waals surface area contributed by atoms with Crippen LogP contribution in [0.2, 0.25) is 50.2 Å². The van der Waals surface area contributed by atoms with Crippen molar-refractivity contribution in [2.45, 2.75) is 0 Å². The summed E-state index contributed by atoms with van der Waals surface area (Å²) in [6.07, 6.45) is 0. The summed E-state index contributed by atoms with van der Waals surface area (Å²) in [6.45, 7) is 0. The van der Waals surface area contributed by atoms with E-state index in [1.54, 1.807) is 0 Å². The lowest BCUT2D eigenvalue weighted by atomic mass is 10.1. The zero-order valence-corrected chi connectivity index (χ0v) is 42.7. The van der Waals surface area contributed by atoms with E-state index >= 15 is 0 Å². The van der Waals surface area contributed by atoms with Crippen molar-refractivity contribution in [2.75, 3.05) is 0 Å². The van der Waals surface area contributed by atoms with Gasteiger partial charge in [0, 0.05) is 30.1 Å². The van der Waals surface area contributed by atoms with Gasteiger partial charge in [0.25, 0.3) is 0 Å². The molecule has 5 aliphatic heterocycles. The van der Waals surface area contributed by atoms with E-state index in [1.807, 2.05) is 0 Å². The number of hydrogen-bond acceptors (Lipinski definition) is 8. The van der Waals surface area contributed by atoms with E-state index in [0.717, 1.165) is 0 Å². The average Bonchev–Trinajstić information content (AvgIpc) is 3.92. The van der Waals surface area contributed by atoms with Crippen molar-refractivity contribution in [2.24, 2.45) is 39.9 Å². The summed E-state index contributed by atoms with van der Waals surface area (Å²) in [5, 5.41) is 1.32. The third kappa shape index (κ3) is 5.93. The van der Waals surface area contributed by atoms with E-state index in [1.165, 1.54) is 0 Å². The normalized spacial score (nSPS) is 16.0. The molecule has 0 radical (unpaired) electrons. The van der Waals surface area contributed by atoms with Gasteiger partial charge in [0.15, 0.2) is 46.7 Å². The molecule has 0 aromatic heterocycles. The number of fused-ring (bicyclic) bond motifs is 16. The van der Waals surface area contributed by atoms with Gasteiger partial charge in [-0.2, -0.15) is 0 Å². The minimum atomic E-state index is 0.0289. The summed E-state index contributed by atoms with van der Waals surface area (Å²) in [6, 6.07) is 0. The maximum Gasteiger partial charge on any atom is 0.166 e. The van der Waals surface area contributed by atoms with Crippen LogP contribution in [0.5, 0.6) is 0 Å². The Morgan fingerprint density at radius 1 is 0.196 bits per heavy atom. The highest BCUT2D eigenvalue weighted by molar-refractivity contribution is 9.11. The van der Waals surface area contributed by atoms with E-state index < -0.39 is 0 Å². The topological polar surface area (TPSA) is 98.9 Å². The van der Waals surface area contributed by atoms with Crippen molar-refractivity contribution in [3.63, 3.8) is 0 Å². The van der Waals surface area contributed by atoms with Crippen LogP contribution in [0, 0.1) is 0 Å². The molecule has 0 fully saturated rings. The molecule has 0 N–H and O–H groups in total. The molecule has 280 valence electrons. The number of halogens is 16. The Morgan fingerprint density at radius 2 is 0.393 bits per heavy atom. The van der Waals surface area contributed by atoms with E-state index in [4.69, 9.17) is 156 Å². The summed E-state index contributed by atoms with van der Waals surface area (Å²) < 4.78 is 2.12. The Kier molecular flexibility index (Phi) is 11.0. The Morgan fingerprint density at radius 3 is 0.732 bits per heavy atom. The number of nitrogens with zero attached hydrogens (tertiary/aromatic N) is 8. The first-order valence-corrected chi connectivity index (χ1v) is 23.1. The third-order valence-electron chi connectivity index (χ3n) is 8.55. The maximum absolute atomic E-state index is 6.98. The van der Waals surface area contributed by atoms with Gasteiger partial charge < -0.3 is 0 Å². The summed E-state index contributed by atoms with van der Waals surface area (Å²) in [5.74, 6) is 0.507. The molecule has 0 unspecified atom stereocenters. The Bertz CT molecular complexity index is 2580. The second-order valence-corrected chi connectivity index (χ2v) is 20.0. The van der Waals surface area contributed by atoms with Crippen molar-refractivity contribution in [3.05, 3.63) is 122 Å². The lowest BCUT2D eigenvalue weighted by Crippen LogP contribution is -2.07. The van der Waals surface area contributed by atoms with Crippen LogP contribution in [0.15, 0.2) is 66.8 Å². The maximum atomic E-state index is 6.98. The van der Waals surface area contributed by atoms with Crippen LogP contribution in [0.1, 0.15) is 44.5 Å². The molecule has 0 aliphatic carbocycles. The standard InChI is InChI=1S/C32Br6Cl10N8/c33-9-1-4(15(39)12(36)20(9)44)28-50-25(1)49-27-3-6(19(43)24(48)22(46)11(3)35)30(53-27)52-26-2-5(16(40)13(37)21(45)10(2)34)29(51-26)55-32-8-7(31(54-28)56-32)17(41)14(38)23(47)18(8)42. The molecule has 0 saturated heterocycles. The van der Waals surface area contributed by atoms with E-state index in [-0.39, 0.29) is 114 Å². The first-order chi connectivity index (χ1) is 26.4. The van der Waals surface area contributed by atoms with Crippen LogP contribution in [-0.2, 0) is 0 Å². The average molecular weight is 1330 g/mol. The molecule has 9 rings (SSSR count). The molecule has 5 aliphatic rings. The molecule has 56 heavy (non-hydrogen) atoms. The molecular weight excluding hydrogens is 1330 g/mol. The van der Waals surface area contributed by atoms with Gasteiger partial charge in [-0.1, -0.05) is 116 Å².